The van der Waals surface area contributed by atoms with Gasteiger partial charge in [-0.3, -0.25) is 0 Å². The first kappa shape index (κ1) is 28.7. The van der Waals surface area contributed by atoms with Gasteiger partial charge in [-0.05, 0) is 122 Å². The highest BCUT2D eigenvalue weighted by Crippen LogP contribution is 2.69. The van der Waals surface area contributed by atoms with Crippen LogP contribution < -0.4 is 0 Å². The van der Waals surface area contributed by atoms with E-state index in [1.54, 1.807) is 4.90 Å². The van der Waals surface area contributed by atoms with Crippen LogP contribution in [-0.4, -0.2) is 64.8 Å². The van der Waals surface area contributed by atoms with E-state index < -0.39 is 0 Å². The van der Waals surface area contributed by atoms with Gasteiger partial charge in [0.25, 0.3) is 0 Å². The van der Waals surface area contributed by atoms with Gasteiger partial charge in [-0.1, -0.05) is 34.1 Å². The maximum atomic E-state index is 12.6. The van der Waals surface area contributed by atoms with Crippen molar-refractivity contribution in [3.05, 3.63) is 0 Å². The number of likely N-dealkylation sites (tertiary alicyclic amines) is 1. The van der Waals surface area contributed by atoms with Gasteiger partial charge in [0.05, 0.1) is 18.8 Å². The normalized spacial score (nSPS) is 46.1. The summed E-state index contributed by atoms with van der Waals surface area (Å²) in [4.78, 5) is 14.4. The highest BCUT2D eigenvalue weighted by atomic mass is 16.6. The van der Waals surface area contributed by atoms with Crippen LogP contribution in [0.2, 0.25) is 0 Å². The van der Waals surface area contributed by atoms with Crippen molar-refractivity contribution in [2.24, 2.45) is 58.2 Å². The summed E-state index contributed by atoms with van der Waals surface area (Å²) in [7, 11) is 0. The summed E-state index contributed by atoms with van der Waals surface area (Å²) in [5, 5.41) is 31.8. The first-order valence-corrected chi connectivity index (χ1v) is 16.0. The van der Waals surface area contributed by atoms with Gasteiger partial charge < -0.3 is 25.0 Å². The Bertz CT molecular complexity index is 829. The van der Waals surface area contributed by atoms with E-state index >= 15 is 0 Å². The van der Waals surface area contributed by atoms with E-state index in [1.165, 1.54) is 25.7 Å². The summed E-state index contributed by atoms with van der Waals surface area (Å²) < 4.78 is 5.73. The number of carbonyl (C=O) groups is 1. The van der Waals surface area contributed by atoms with Crippen LogP contribution in [0, 0.1) is 58.2 Å². The Balaban J connectivity index is 1.22. The predicted molar refractivity (Wildman–Crippen MR) is 148 cm³/mol. The van der Waals surface area contributed by atoms with E-state index in [-0.39, 0.29) is 35.7 Å². The number of rotatable bonds is 6. The number of amides is 1. The first-order chi connectivity index (χ1) is 18.1. The third kappa shape index (κ3) is 4.83. The van der Waals surface area contributed by atoms with E-state index in [2.05, 4.69) is 27.7 Å². The third-order valence-electron chi connectivity index (χ3n) is 13.1. The van der Waals surface area contributed by atoms with E-state index in [0.717, 1.165) is 44.9 Å². The van der Waals surface area contributed by atoms with E-state index in [9.17, 15) is 20.1 Å². The van der Waals surface area contributed by atoms with E-state index in [0.29, 0.717) is 67.0 Å². The molecular formula is C32H55NO5. The van der Waals surface area contributed by atoms with Crippen molar-refractivity contribution in [3.8, 4) is 0 Å². The molecule has 5 rings (SSSR count). The smallest absolute Gasteiger partial charge is 0.409 e. The van der Waals surface area contributed by atoms with Crippen molar-refractivity contribution in [3.63, 3.8) is 0 Å². The van der Waals surface area contributed by atoms with Crippen molar-refractivity contribution in [2.45, 2.75) is 111 Å². The average molecular weight is 534 g/mol. The Kier molecular flexibility index (Phi) is 8.45. The van der Waals surface area contributed by atoms with Crippen LogP contribution in [0.15, 0.2) is 0 Å². The minimum absolute atomic E-state index is 0.194. The Hall–Kier alpha value is -0.850. The lowest BCUT2D eigenvalue weighted by Crippen LogP contribution is -2.62. The highest BCUT2D eigenvalue weighted by molar-refractivity contribution is 5.67. The quantitative estimate of drug-likeness (QED) is 0.421. The van der Waals surface area contributed by atoms with Crippen LogP contribution >= 0.6 is 0 Å². The van der Waals surface area contributed by atoms with E-state index in [1.807, 2.05) is 0 Å². The van der Waals surface area contributed by atoms with Gasteiger partial charge in [-0.2, -0.15) is 0 Å². The molecule has 3 N–H and O–H groups in total. The van der Waals surface area contributed by atoms with Crippen molar-refractivity contribution in [2.75, 3.05) is 26.3 Å². The van der Waals surface area contributed by atoms with Crippen molar-refractivity contribution in [1.82, 2.24) is 4.90 Å². The topological polar surface area (TPSA) is 90.2 Å². The number of carbonyl (C=O) groups excluding carboxylic acids is 1. The Morgan fingerprint density at radius 2 is 1.66 bits per heavy atom. The molecule has 4 saturated carbocycles. The molecule has 38 heavy (non-hydrogen) atoms. The number of ether oxygens (including phenoxy) is 1. The zero-order valence-corrected chi connectivity index (χ0v) is 24.5. The molecule has 0 aromatic rings. The zero-order valence-electron chi connectivity index (χ0n) is 24.5. The van der Waals surface area contributed by atoms with Crippen molar-refractivity contribution >= 4 is 6.09 Å². The maximum absolute atomic E-state index is 12.6. The van der Waals surface area contributed by atoms with Crippen molar-refractivity contribution in [1.29, 1.82) is 0 Å². The highest BCUT2D eigenvalue weighted by Gasteiger charge is 2.64. The van der Waals surface area contributed by atoms with Gasteiger partial charge in [-0.15, -0.1) is 0 Å². The standard InChI is InChI=1S/C32H55NO5/c1-5-23-27-18-22(35)8-13-32(27,4)26-9-14-31(3)24(6-7-25(31)28(26)29(23)36)20(2)12-17-38-30(37)33-15-10-21(19-34)11-16-33/h20-29,34-36H,5-19H2,1-4H3/t20-,22-,23-,24-,25+,26+,27?,28+,29-,31-,32?/m1/s1. The van der Waals surface area contributed by atoms with Crippen LogP contribution in [0.25, 0.3) is 0 Å². The van der Waals surface area contributed by atoms with E-state index in [4.69, 9.17) is 4.74 Å². The molecule has 0 aromatic carbocycles. The van der Waals surface area contributed by atoms with Gasteiger partial charge in [0.1, 0.15) is 0 Å². The lowest BCUT2D eigenvalue weighted by molar-refractivity contribution is -0.203. The van der Waals surface area contributed by atoms with Gasteiger partial charge in [0.15, 0.2) is 0 Å². The number of aliphatic hydroxyl groups excluding tert-OH is 3. The molecule has 5 fully saturated rings. The summed E-state index contributed by atoms with van der Waals surface area (Å²) in [5.74, 6) is 3.68. The molecule has 4 aliphatic carbocycles. The minimum Gasteiger partial charge on any atom is -0.449 e. The number of fused-ring (bicyclic) bond motifs is 5. The van der Waals surface area contributed by atoms with Gasteiger partial charge in [0, 0.05) is 19.7 Å². The summed E-state index contributed by atoms with van der Waals surface area (Å²) in [5.41, 5.74) is 0.488. The second-order valence-corrected chi connectivity index (χ2v) is 14.6. The second kappa shape index (κ2) is 11.2. The van der Waals surface area contributed by atoms with Gasteiger partial charge >= 0.3 is 6.09 Å². The van der Waals surface area contributed by atoms with Gasteiger partial charge in [-0.25, -0.2) is 4.79 Å². The van der Waals surface area contributed by atoms with Crippen LogP contribution in [0.1, 0.15) is 98.3 Å². The largest absolute Gasteiger partial charge is 0.449 e. The lowest BCUT2D eigenvalue weighted by atomic mass is 9.41. The van der Waals surface area contributed by atoms with Gasteiger partial charge in [0.2, 0.25) is 0 Å². The third-order valence-corrected chi connectivity index (χ3v) is 13.1. The Labute approximate surface area is 230 Å². The lowest BCUT2D eigenvalue weighted by Gasteiger charge is -2.64. The fourth-order valence-electron chi connectivity index (χ4n) is 10.9. The van der Waals surface area contributed by atoms with Crippen LogP contribution in [0.3, 0.4) is 0 Å². The summed E-state index contributed by atoms with van der Waals surface area (Å²) in [6.45, 7) is 11.7. The molecule has 1 aliphatic heterocycles. The Morgan fingerprint density at radius 3 is 2.34 bits per heavy atom. The number of hydrogen-bond acceptors (Lipinski definition) is 5. The number of hydrogen-bond donors (Lipinski definition) is 3. The Morgan fingerprint density at radius 1 is 0.974 bits per heavy atom. The summed E-state index contributed by atoms with van der Waals surface area (Å²) in [6.07, 6.45) is 10.8. The molecule has 11 atom stereocenters. The molecule has 1 saturated heterocycles. The van der Waals surface area contributed by atoms with Crippen LogP contribution in [0.4, 0.5) is 4.79 Å². The molecule has 5 aliphatic rings. The average Bonchev–Trinajstić information content (AvgIpc) is 3.27. The number of nitrogens with zero attached hydrogens (tertiary/aromatic N) is 1. The first-order valence-electron chi connectivity index (χ1n) is 16.0. The van der Waals surface area contributed by atoms with Crippen molar-refractivity contribution < 1.29 is 24.9 Å². The predicted octanol–water partition coefficient (Wildman–Crippen LogP) is 5.48. The second-order valence-electron chi connectivity index (χ2n) is 14.6. The molecule has 1 amide bonds. The maximum Gasteiger partial charge on any atom is 0.409 e. The monoisotopic (exact) mass is 533 g/mol. The number of aliphatic hydroxyl groups is 3. The fourth-order valence-corrected chi connectivity index (χ4v) is 10.9. The molecule has 6 heteroatoms. The molecule has 0 aromatic heterocycles. The molecule has 0 radical (unpaired) electrons. The van der Waals surface area contributed by atoms with Crippen LogP contribution in [0.5, 0.6) is 0 Å². The minimum atomic E-state index is -0.247. The molecule has 218 valence electrons. The molecule has 2 unspecified atom stereocenters. The molecule has 0 bridgehead atoms. The molecule has 1 heterocycles. The zero-order chi connectivity index (χ0) is 27.2. The molecule has 0 spiro atoms. The summed E-state index contributed by atoms with van der Waals surface area (Å²) in [6, 6.07) is 0. The number of piperidine rings is 1. The molecular weight excluding hydrogens is 478 g/mol. The fraction of sp³-hybridized carbons (Fsp3) is 0.969. The molecule has 6 nitrogen and oxygen atoms in total. The van der Waals surface area contributed by atoms with Crippen LogP contribution in [-0.2, 0) is 4.74 Å². The SMILES string of the molecule is CC[C@@H]1C2C[C@H](O)CCC2(C)[C@H]2CC[C@]3(C)[C@@H]([C@H](C)CCOC(=O)N4CCC(CO)CC4)CC[C@H]3[C@@H]2[C@@H]1O. The summed E-state index contributed by atoms with van der Waals surface area (Å²) >= 11 is 0.